The van der Waals surface area contributed by atoms with Crippen molar-refractivity contribution in [2.75, 3.05) is 13.2 Å². The Hall–Kier alpha value is -4.32. The second-order valence-corrected chi connectivity index (χ2v) is 15.4. The maximum absolute atomic E-state index is 14.5. The van der Waals surface area contributed by atoms with Crippen LogP contribution in [0, 0.1) is 11.3 Å². The van der Waals surface area contributed by atoms with Crippen LogP contribution in [0.1, 0.15) is 79.1 Å². The molecule has 0 radical (unpaired) electrons. The van der Waals surface area contributed by atoms with Crippen molar-refractivity contribution in [3.8, 4) is 16.5 Å². The summed E-state index contributed by atoms with van der Waals surface area (Å²) < 4.78 is 17.6. The third-order valence-corrected chi connectivity index (χ3v) is 10.4. The summed E-state index contributed by atoms with van der Waals surface area (Å²) in [5.74, 6) is -0.780. The largest absolute Gasteiger partial charge is 0.471 e. The number of rotatable bonds is 6. The fourth-order valence-corrected chi connectivity index (χ4v) is 7.69. The molecule has 2 fully saturated rings. The van der Waals surface area contributed by atoms with Crippen LogP contribution in [0.15, 0.2) is 53.9 Å². The number of nitrogens with one attached hydrogen (secondary N) is 1. The molecule has 266 valence electrons. The number of hydrogen-bond acceptors (Lipinski definition) is 10. The SMILES string of the molecule is CCOC(=O)[C@]12CC(=O)[C@@H]3C[C@@H](Oc4nc5ccccc5nc4-c4cccs4)CN3C(=O)[C@H](NC(=O)OC(C)(C)C)CCCCC/C=C\[C@@H]1C2. The lowest BCUT2D eigenvalue weighted by atomic mass is 9.91. The number of fused-ring (bicyclic) bond motifs is 3. The molecule has 50 heavy (non-hydrogen) atoms. The summed E-state index contributed by atoms with van der Waals surface area (Å²) in [5, 5.41) is 4.76. The quantitative estimate of drug-likeness (QED) is 0.221. The van der Waals surface area contributed by atoms with Gasteiger partial charge in [0.25, 0.3) is 0 Å². The molecule has 1 aliphatic carbocycles. The van der Waals surface area contributed by atoms with E-state index >= 15 is 0 Å². The van der Waals surface area contributed by atoms with Crippen LogP contribution in [-0.2, 0) is 23.9 Å². The Labute approximate surface area is 296 Å². The second-order valence-electron chi connectivity index (χ2n) is 14.4. The lowest BCUT2D eigenvalue weighted by Gasteiger charge is -2.30. The summed E-state index contributed by atoms with van der Waals surface area (Å²) in [5.41, 5.74) is 0.254. The number of ether oxygens (including phenoxy) is 3. The van der Waals surface area contributed by atoms with Crippen LogP contribution in [0.2, 0.25) is 0 Å². The topological polar surface area (TPSA) is 137 Å². The zero-order valence-electron chi connectivity index (χ0n) is 29.2. The minimum absolute atomic E-state index is 0.0532. The van der Waals surface area contributed by atoms with Gasteiger partial charge in [-0.05, 0) is 82.9 Å². The van der Waals surface area contributed by atoms with Gasteiger partial charge >= 0.3 is 12.1 Å². The van der Waals surface area contributed by atoms with Crippen LogP contribution in [0.5, 0.6) is 5.88 Å². The Morgan fingerprint density at radius 2 is 1.84 bits per heavy atom. The molecule has 2 amide bonds. The van der Waals surface area contributed by atoms with Gasteiger partial charge in [-0.25, -0.2) is 14.8 Å². The van der Waals surface area contributed by atoms with Crippen molar-refractivity contribution < 1.29 is 33.4 Å². The Kier molecular flexibility index (Phi) is 10.6. The van der Waals surface area contributed by atoms with E-state index in [1.54, 1.807) is 27.7 Å². The van der Waals surface area contributed by atoms with Crippen molar-refractivity contribution in [3.63, 3.8) is 0 Å². The average Bonchev–Trinajstić information content (AvgIpc) is 3.38. The predicted octanol–water partition coefficient (Wildman–Crippen LogP) is 6.65. The first kappa shape index (κ1) is 35.5. The Morgan fingerprint density at radius 1 is 1.06 bits per heavy atom. The standard InChI is InChI=1S/C38H46N4O7S/c1-5-47-35(45)38-21-24(38)14-9-7-6-8-10-17-28(41-36(46)49-37(2,3)4)34(44)42-23-25(20-29(42)30(43)22-38)48-33-32(31-18-13-19-50-31)39-26-15-11-12-16-27(26)40-33/h9,11-16,18-19,24-25,28-29H,5-8,10,17,20-23H2,1-4H3,(H,41,46)/b14-9-/t24-,25-,28-,29+,38-/m1/s1. The number of aromatic nitrogens is 2. The second kappa shape index (κ2) is 14.9. The van der Waals surface area contributed by atoms with E-state index in [1.165, 1.54) is 16.2 Å². The highest BCUT2D eigenvalue weighted by molar-refractivity contribution is 7.13. The molecule has 4 heterocycles. The number of carbonyl (C=O) groups excluding carboxylic acids is 4. The van der Waals surface area contributed by atoms with Crippen LogP contribution in [0.25, 0.3) is 21.6 Å². The summed E-state index contributed by atoms with van der Waals surface area (Å²) >= 11 is 1.51. The van der Waals surface area contributed by atoms with Crippen LogP contribution in [0.4, 0.5) is 4.79 Å². The van der Waals surface area contributed by atoms with Crippen molar-refractivity contribution >= 4 is 46.1 Å². The molecule has 1 saturated heterocycles. The number of para-hydroxylation sites is 2. The van der Waals surface area contributed by atoms with Gasteiger partial charge in [0.2, 0.25) is 11.8 Å². The van der Waals surface area contributed by atoms with E-state index in [1.807, 2.05) is 47.9 Å². The number of alkyl carbamates (subject to hydrolysis) is 1. The van der Waals surface area contributed by atoms with Gasteiger partial charge in [0.1, 0.15) is 23.4 Å². The Bertz CT molecular complexity index is 1750. The highest BCUT2D eigenvalue weighted by Gasteiger charge is 2.61. The summed E-state index contributed by atoms with van der Waals surface area (Å²) in [7, 11) is 0. The molecule has 0 spiro atoms. The molecule has 0 unspecified atom stereocenters. The van der Waals surface area contributed by atoms with Gasteiger partial charge in [0.05, 0.1) is 40.5 Å². The van der Waals surface area contributed by atoms with Gasteiger partial charge in [0.15, 0.2) is 5.78 Å². The molecule has 1 aromatic carbocycles. The Balaban J connectivity index is 1.33. The highest BCUT2D eigenvalue weighted by atomic mass is 32.1. The fraction of sp³-hybridized carbons (Fsp3) is 0.526. The molecule has 5 atom stereocenters. The fourth-order valence-electron chi connectivity index (χ4n) is 6.98. The van der Waals surface area contributed by atoms with Crippen LogP contribution in [0.3, 0.4) is 0 Å². The van der Waals surface area contributed by atoms with Gasteiger partial charge < -0.3 is 24.4 Å². The highest BCUT2D eigenvalue weighted by Crippen LogP contribution is 2.57. The molecule has 6 rings (SSSR count). The number of nitrogens with zero attached hydrogens (tertiary/aromatic N) is 3. The van der Waals surface area contributed by atoms with Crippen molar-refractivity contribution in [2.24, 2.45) is 11.3 Å². The van der Waals surface area contributed by atoms with Crippen molar-refractivity contribution in [2.45, 2.75) is 103 Å². The molecular formula is C38H46N4O7S. The number of carbonyl (C=O) groups is 4. The third kappa shape index (κ3) is 8.01. The first-order valence-corrected chi connectivity index (χ1v) is 18.5. The third-order valence-electron chi connectivity index (χ3n) is 9.52. The number of amides is 2. The molecule has 2 aliphatic heterocycles. The van der Waals surface area contributed by atoms with E-state index in [-0.39, 0.29) is 49.6 Å². The van der Waals surface area contributed by atoms with Gasteiger partial charge in [0, 0.05) is 12.8 Å². The molecule has 11 nitrogen and oxygen atoms in total. The van der Waals surface area contributed by atoms with Crippen molar-refractivity contribution in [1.82, 2.24) is 20.2 Å². The zero-order chi connectivity index (χ0) is 35.5. The van der Waals surface area contributed by atoms with Crippen LogP contribution >= 0.6 is 11.3 Å². The van der Waals surface area contributed by atoms with Gasteiger partial charge in [-0.15, -0.1) is 11.3 Å². The molecule has 1 N–H and O–H groups in total. The maximum Gasteiger partial charge on any atom is 0.408 e. The normalized spacial score (nSPS) is 26.6. The predicted molar refractivity (Wildman–Crippen MR) is 190 cm³/mol. The summed E-state index contributed by atoms with van der Waals surface area (Å²) in [4.78, 5) is 67.2. The number of allylic oxidation sites excluding steroid dienone is 2. The molecule has 12 heteroatoms. The molecule has 3 aliphatic rings. The maximum atomic E-state index is 14.5. The smallest absolute Gasteiger partial charge is 0.408 e. The minimum atomic E-state index is -0.957. The van der Waals surface area contributed by atoms with E-state index in [9.17, 15) is 19.2 Å². The van der Waals surface area contributed by atoms with Crippen molar-refractivity contribution in [3.05, 3.63) is 53.9 Å². The first-order chi connectivity index (χ1) is 24.0. The van der Waals surface area contributed by atoms with Gasteiger partial charge in [-0.3, -0.25) is 14.4 Å². The van der Waals surface area contributed by atoms with Crippen LogP contribution < -0.4 is 10.1 Å². The molecular weight excluding hydrogens is 657 g/mol. The summed E-state index contributed by atoms with van der Waals surface area (Å²) in [6.07, 6.45) is 7.14. The molecule has 3 aromatic rings. The first-order valence-electron chi connectivity index (χ1n) is 17.6. The number of ketones is 1. The van der Waals surface area contributed by atoms with E-state index < -0.39 is 35.3 Å². The average molecular weight is 703 g/mol. The lowest BCUT2D eigenvalue weighted by molar-refractivity contribution is -0.152. The van der Waals surface area contributed by atoms with E-state index in [0.717, 1.165) is 29.7 Å². The zero-order valence-corrected chi connectivity index (χ0v) is 30.0. The lowest BCUT2D eigenvalue weighted by Crippen LogP contribution is -2.52. The Morgan fingerprint density at radius 3 is 2.56 bits per heavy atom. The number of thiophene rings is 1. The number of esters is 1. The van der Waals surface area contributed by atoms with Crippen LogP contribution in [-0.4, -0.2) is 75.6 Å². The molecule has 2 aromatic heterocycles. The van der Waals surface area contributed by atoms with E-state index in [4.69, 9.17) is 24.2 Å². The van der Waals surface area contributed by atoms with E-state index in [2.05, 4.69) is 11.4 Å². The van der Waals surface area contributed by atoms with Gasteiger partial charge in [-0.1, -0.05) is 43.2 Å². The summed E-state index contributed by atoms with van der Waals surface area (Å²) in [6, 6.07) is 9.63. The summed E-state index contributed by atoms with van der Waals surface area (Å²) in [6.45, 7) is 7.36. The molecule has 1 saturated carbocycles. The van der Waals surface area contributed by atoms with Gasteiger partial charge in [-0.2, -0.15) is 0 Å². The van der Waals surface area contributed by atoms with Crippen molar-refractivity contribution in [1.29, 1.82) is 0 Å². The monoisotopic (exact) mass is 702 g/mol. The minimum Gasteiger partial charge on any atom is -0.471 e. The number of benzene rings is 1. The number of Topliss-reactive ketones (excluding diaryl/α,β-unsaturated/α-hetero) is 1. The number of hydrogen-bond donors (Lipinski definition) is 1. The molecule has 0 bridgehead atoms. The van der Waals surface area contributed by atoms with E-state index in [0.29, 0.717) is 36.4 Å².